The van der Waals surface area contributed by atoms with Gasteiger partial charge in [-0.1, -0.05) is 49.4 Å². The second-order valence-corrected chi connectivity index (χ2v) is 7.11. The molecule has 0 saturated carbocycles. The van der Waals surface area contributed by atoms with E-state index in [4.69, 9.17) is 10.5 Å². The Bertz CT molecular complexity index is 1170. The van der Waals surface area contributed by atoms with Crippen molar-refractivity contribution >= 4 is 27.7 Å². The Morgan fingerprint density at radius 3 is 2.50 bits per heavy atom. The fourth-order valence-corrected chi connectivity index (χ4v) is 3.95. The van der Waals surface area contributed by atoms with Crippen LogP contribution in [-0.2, 0) is 24.3 Å². The van der Waals surface area contributed by atoms with E-state index in [0.29, 0.717) is 12.2 Å². The molecule has 1 amide bonds. The van der Waals surface area contributed by atoms with E-state index < -0.39 is 5.91 Å². The number of nitrogens with zero attached hydrogens (tertiary/aromatic N) is 1. The summed E-state index contributed by atoms with van der Waals surface area (Å²) in [5.74, 6) is -0.404. The van der Waals surface area contributed by atoms with Crippen LogP contribution in [0.1, 0.15) is 34.0 Å². The minimum atomic E-state index is -0.404. The molecule has 0 spiro atoms. The molecule has 1 aromatic heterocycles. The zero-order valence-electron chi connectivity index (χ0n) is 16.2. The summed E-state index contributed by atoms with van der Waals surface area (Å²) in [6, 6.07) is 20.7. The van der Waals surface area contributed by atoms with E-state index in [-0.39, 0.29) is 0 Å². The molecule has 142 valence electrons. The fourth-order valence-electron chi connectivity index (χ4n) is 3.95. The minimum Gasteiger partial charge on any atom is -0.380 e. The maximum atomic E-state index is 12.1. The molecule has 4 rings (SSSR count). The zero-order chi connectivity index (χ0) is 19.7. The number of fused-ring (bicyclic) bond motifs is 3. The van der Waals surface area contributed by atoms with Gasteiger partial charge in [-0.3, -0.25) is 4.79 Å². The number of primary amides is 1. The maximum absolute atomic E-state index is 12.1. The number of nitrogens with two attached hydrogens (primary N) is 1. The lowest BCUT2D eigenvalue weighted by Gasteiger charge is -2.10. The van der Waals surface area contributed by atoms with Crippen molar-refractivity contribution in [1.82, 2.24) is 4.57 Å². The standard InChI is InChI=1S/C24H24N2O2/c1-3-16-6-4-7-17(12-16)14-26-21-9-5-8-20(24(25)27)23(21)19-11-10-18(15-28-2)13-22(19)26/h4-13H,3,14-15H2,1-2H3,(H2,25,27). The number of ether oxygens (including phenoxy) is 1. The molecule has 0 aliphatic heterocycles. The van der Waals surface area contributed by atoms with Gasteiger partial charge in [0.2, 0.25) is 5.91 Å². The number of aromatic nitrogens is 1. The summed E-state index contributed by atoms with van der Waals surface area (Å²) in [5, 5.41) is 1.96. The summed E-state index contributed by atoms with van der Waals surface area (Å²) < 4.78 is 7.59. The number of carbonyl (C=O) groups excluding carboxylic acids is 1. The SMILES string of the molecule is CCc1cccc(Cn2c3cc(COC)ccc3c3c(C(N)=O)cccc32)c1. The van der Waals surface area contributed by atoms with Gasteiger partial charge in [0.05, 0.1) is 12.1 Å². The summed E-state index contributed by atoms with van der Waals surface area (Å²) >= 11 is 0. The number of benzene rings is 3. The van der Waals surface area contributed by atoms with E-state index in [9.17, 15) is 4.79 Å². The Balaban J connectivity index is 1.99. The third-order valence-corrected chi connectivity index (χ3v) is 5.27. The molecule has 0 saturated heterocycles. The summed E-state index contributed by atoms with van der Waals surface area (Å²) in [5.41, 5.74) is 12.0. The van der Waals surface area contributed by atoms with Crippen molar-refractivity contribution in [2.75, 3.05) is 7.11 Å². The predicted octanol–water partition coefficient (Wildman–Crippen LogP) is 4.65. The average Bonchev–Trinajstić information content (AvgIpc) is 3.01. The average molecular weight is 372 g/mol. The molecule has 28 heavy (non-hydrogen) atoms. The molecule has 1 heterocycles. The molecule has 2 N–H and O–H groups in total. The van der Waals surface area contributed by atoms with Crippen LogP contribution in [0.25, 0.3) is 21.8 Å². The third kappa shape index (κ3) is 3.16. The fraction of sp³-hybridized carbons (Fsp3) is 0.208. The van der Waals surface area contributed by atoms with E-state index in [2.05, 4.69) is 54.0 Å². The van der Waals surface area contributed by atoms with Crippen LogP contribution in [0.15, 0.2) is 60.7 Å². The highest BCUT2D eigenvalue weighted by Gasteiger charge is 2.17. The highest BCUT2D eigenvalue weighted by Crippen LogP contribution is 2.33. The Hall–Kier alpha value is -3.11. The minimum absolute atomic E-state index is 0.404. The Morgan fingerprint density at radius 1 is 0.964 bits per heavy atom. The van der Waals surface area contributed by atoms with E-state index in [1.54, 1.807) is 13.2 Å². The molecule has 4 heteroatoms. The van der Waals surface area contributed by atoms with E-state index in [1.807, 2.05) is 12.1 Å². The first kappa shape index (κ1) is 18.3. The monoisotopic (exact) mass is 372 g/mol. The summed E-state index contributed by atoms with van der Waals surface area (Å²) in [6.45, 7) is 3.44. The molecule has 0 bridgehead atoms. The zero-order valence-corrected chi connectivity index (χ0v) is 16.2. The lowest BCUT2D eigenvalue weighted by atomic mass is 10.0. The first-order chi connectivity index (χ1) is 13.6. The molecule has 0 atom stereocenters. The Morgan fingerprint density at radius 2 is 1.75 bits per heavy atom. The van der Waals surface area contributed by atoms with Gasteiger partial charge < -0.3 is 15.0 Å². The maximum Gasteiger partial charge on any atom is 0.249 e. The summed E-state index contributed by atoms with van der Waals surface area (Å²) in [4.78, 5) is 12.1. The number of aryl methyl sites for hydroxylation is 1. The van der Waals surface area contributed by atoms with Gasteiger partial charge in [-0.05, 0) is 41.3 Å². The Labute approximate surface area is 164 Å². The third-order valence-electron chi connectivity index (χ3n) is 5.27. The van der Waals surface area contributed by atoms with Crippen molar-refractivity contribution in [2.24, 2.45) is 5.73 Å². The highest BCUT2D eigenvalue weighted by molar-refractivity contribution is 6.17. The number of hydrogen-bond donors (Lipinski definition) is 1. The number of rotatable bonds is 6. The van der Waals surface area contributed by atoms with Gasteiger partial charge in [0.15, 0.2) is 0 Å². The van der Waals surface area contributed by atoms with E-state index in [0.717, 1.165) is 40.3 Å². The molecule has 3 aromatic carbocycles. The molecule has 0 fully saturated rings. The number of amides is 1. The van der Waals surface area contributed by atoms with E-state index in [1.165, 1.54) is 11.1 Å². The molecule has 0 aliphatic carbocycles. The van der Waals surface area contributed by atoms with Gasteiger partial charge in [-0.25, -0.2) is 0 Å². The van der Waals surface area contributed by atoms with E-state index >= 15 is 0 Å². The van der Waals surface area contributed by atoms with Gasteiger partial charge in [-0.2, -0.15) is 0 Å². The van der Waals surface area contributed by atoms with Crippen LogP contribution in [0.4, 0.5) is 0 Å². The lowest BCUT2D eigenvalue weighted by molar-refractivity contribution is 0.100. The van der Waals surface area contributed by atoms with Crippen molar-refractivity contribution in [2.45, 2.75) is 26.5 Å². The van der Waals surface area contributed by atoms with Crippen LogP contribution in [0.3, 0.4) is 0 Å². The van der Waals surface area contributed by atoms with Gasteiger partial charge in [0, 0.05) is 35.5 Å². The molecule has 0 unspecified atom stereocenters. The van der Waals surface area contributed by atoms with Crippen LogP contribution in [0.2, 0.25) is 0 Å². The topological polar surface area (TPSA) is 57.2 Å². The smallest absolute Gasteiger partial charge is 0.249 e. The normalized spacial score (nSPS) is 11.4. The number of carbonyl (C=O) groups is 1. The largest absolute Gasteiger partial charge is 0.380 e. The summed E-state index contributed by atoms with van der Waals surface area (Å²) in [6.07, 6.45) is 1.00. The van der Waals surface area contributed by atoms with Crippen LogP contribution in [0, 0.1) is 0 Å². The second-order valence-electron chi connectivity index (χ2n) is 7.11. The highest BCUT2D eigenvalue weighted by atomic mass is 16.5. The van der Waals surface area contributed by atoms with Crippen LogP contribution in [0.5, 0.6) is 0 Å². The molecule has 0 radical (unpaired) electrons. The van der Waals surface area contributed by atoms with Crippen LogP contribution in [-0.4, -0.2) is 17.6 Å². The van der Waals surface area contributed by atoms with Gasteiger partial charge >= 0.3 is 0 Å². The molecule has 0 aliphatic rings. The van der Waals surface area contributed by atoms with Crippen molar-refractivity contribution < 1.29 is 9.53 Å². The van der Waals surface area contributed by atoms with Crippen molar-refractivity contribution in [3.63, 3.8) is 0 Å². The number of methoxy groups -OCH3 is 1. The van der Waals surface area contributed by atoms with Gasteiger partial charge in [0.25, 0.3) is 0 Å². The van der Waals surface area contributed by atoms with Crippen LogP contribution >= 0.6 is 0 Å². The second kappa shape index (κ2) is 7.49. The van der Waals surface area contributed by atoms with Crippen LogP contribution < -0.4 is 5.73 Å². The van der Waals surface area contributed by atoms with Crippen molar-refractivity contribution in [3.8, 4) is 0 Å². The van der Waals surface area contributed by atoms with Gasteiger partial charge in [-0.15, -0.1) is 0 Å². The molecular formula is C24H24N2O2. The Kier molecular flexibility index (Phi) is 4.88. The number of hydrogen-bond acceptors (Lipinski definition) is 2. The molecular weight excluding hydrogens is 348 g/mol. The molecule has 4 nitrogen and oxygen atoms in total. The first-order valence-electron chi connectivity index (χ1n) is 9.52. The lowest BCUT2D eigenvalue weighted by Crippen LogP contribution is -2.11. The summed E-state index contributed by atoms with van der Waals surface area (Å²) in [7, 11) is 1.70. The quantitative estimate of drug-likeness (QED) is 0.535. The van der Waals surface area contributed by atoms with Crippen molar-refractivity contribution in [3.05, 3.63) is 82.9 Å². The predicted molar refractivity (Wildman–Crippen MR) is 114 cm³/mol. The van der Waals surface area contributed by atoms with Gasteiger partial charge in [0.1, 0.15) is 0 Å². The van der Waals surface area contributed by atoms with Crippen molar-refractivity contribution in [1.29, 1.82) is 0 Å². The molecule has 4 aromatic rings. The first-order valence-corrected chi connectivity index (χ1v) is 9.52.